The van der Waals surface area contributed by atoms with Gasteiger partial charge in [-0.2, -0.15) is 0 Å². The van der Waals surface area contributed by atoms with Crippen molar-refractivity contribution in [1.82, 2.24) is 4.90 Å². The largest absolute Gasteiger partial charge is 0.444 e. The molecule has 0 fully saturated rings. The van der Waals surface area contributed by atoms with Gasteiger partial charge in [0.2, 0.25) is 0 Å². The minimum absolute atomic E-state index is 0.0846. The lowest BCUT2D eigenvalue weighted by atomic mass is 10.0. The lowest BCUT2D eigenvalue weighted by molar-refractivity contribution is 0.0636. The number of fused-ring (bicyclic) bond motifs is 2. The first-order valence-corrected chi connectivity index (χ1v) is 10.6. The summed E-state index contributed by atoms with van der Waals surface area (Å²) in [5, 5.41) is 6.77. The molecule has 0 unspecified atom stereocenters. The number of rotatable bonds is 2. The van der Waals surface area contributed by atoms with Crippen molar-refractivity contribution in [3.05, 3.63) is 63.8 Å². The Kier molecular flexibility index (Phi) is 5.04. The Morgan fingerprint density at radius 3 is 2.55 bits per heavy atom. The number of nitrogens with one attached hydrogen (secondary N) is 1. The molecule has 1 aliphatic heterocycles. The maximum atomic E-state index is 13.4. The number of thiophene rings is 1. The smallest absolute Gasteiger partial charge is 0.412 e. The van der Waals surface area contributed by atoms with E-state index in [4.69, 9.17) is 4.74 Å². The summed E-state index contributed by atoms with van der Waals surface area (Å²) in [5.74, 6) is -0.0846. The summed E-state index contributed by atoms with van der Waals surface area (Å²) in [6.07, 6.45) is 0.293. The number of anilines is 1. The van der Waals surface area contributed by atoms with Gasteiger partial charge in [-0.15, -0.1) is 11.3 Å². The zero-order chi connectivity index (χ0) is 20.6. The van der Waals surface area contributed by atoms with E-state index in [1.165, 1.54) is 10.4 Å². The van der Waals surface area contributed by atoms with Gasteiger partial charge in [0.25, 0.3) is 5.91 Å². The summed E-state index contributed by atoms with van der Waals surface area (Å²) in [6.45, 7) is 6.70. The second-order valence-electron chi connectivity index (χ2n) is 8.22. The number of benzene rings is 2. The van der Waals surface area contributed by atoms with E-state index in [0.717, 1.165) is 17.2 Å². The Hall–Kier alpha value is -2.86. The summed E-state index contributed by atoms with van der Waals surface area (Å²) in [6, 6.07) is 13.6. The van der Waals surface area contributed by atoms with Crippen LogP contribution in [0.1, 0.15) is 41.6 Å². The second-order valence-corrected chi connectivity index (χ2v) is 9.22. The van der Waals surface area contributed by atoms with E-state index in [1.54, 1.807) is 11.3 Å². The molecule has 29 heavy (non-hydrogen) atoms. The van der Waals surface area contributed by atoms with Crippen molar-refractivity contribution in [2.24, 2.45) is 0 Å². The standard InChI is InChI=1S/C23H24N2O3S/c1-23(2,3)28-22(27)24-19-13-16-7-5-4-6-15(16)12-18(19)21(26)25-10-8-20-17(14-25)9-11-29-20/h4-7,9,11-13H,8,10,14H2,1-3H3,(H,24,27). The highest BCUT2D eigenvalue weighted by Crippen LogP contribution is 2.29. The van der Waals surface area contributed by atoms with Gasteiger partial charge >= 0.3 is 6.09 Å². The van der Waals surface area contributed by atoms with E-state index in [-0.39, 0.29) is 5.91 Å². The molecule has 0 spiro atoms. The number of amides is 2. The third-order valence-electron chi connectivity index (χ3n) is 4.85. The average Bonchev–Trinajstić information content (AvgIpc) is 3.13. The van der Waals surface area contributed by atoms with Crippen LogP contribution >= 0.6 is 11.3 Å². The predicted molar refractivity (Wildman–Crippen MR) is 117 cm³/mol. The molecule has 3 aromatic rings. The van der Waals surface area contributed by atoms with Crippen LogP contribution in [0.15, 0.2) is 47.8 Å². The maximum absolute atomic E-state index is 13.4. The summed E-state index contributed by atoms with van der Waals surface area (Å²) < 4.78 is 5.40. The van der Waals surface area contributed by atoms with E-state index < -0.39 is 11.7 Å². The maximum Gasteiger partial charge on any atom is 0.412 e. The van der Waals surface area contributed by atoms with Crippen LogP contribution in [-0.4, -0.2) is 29.0 Å². The van der Waals surface area contributed by atoms with Gasteiger partial charge < -0.3 is 9.64 Å². The quantitative estimate of drug-likeness (QED) is 0.614. The molecule has 0 bridgehead atoms. The molecule has 1 aromatic heterocycles. The van der Waals surface area contributed by atoms with Gasteiger partial charge in [0.1, 0.15) is 5.60 Å². The Labute approximate surface area is 174 Å². The third kappa shape index (κ3) is 4.27. The molecule has 4 rings (SSSR count). The van der Waals surface area contributed by atoms with Crippen LogP contribution in [0.4, 0.5) is 10.5 Å². The van der Waals surface area contributed by atoms with Crippen molar-refractivity contribution in [3.63, 3.8) is 0 Å². The van der Waals surface area contributed by atoms with Gasteiger partial charge in [-0.25, -0.2) is 4.79 Å². The highest BCUT2D eigenvalue weighted by molar-refractivity contribution is 7.10. The molecule has 1 N–H and O–H groups in total. The Morgan fingerprint density at radius 2 is 1.83 bits per heavy atom. The molecule has 0 aliphatic carbocycles. The molecule has 0 saturated heterocycles. The van der Waals surface area contributed by atoms with Crippen LogP contribution in [0.5, 0.6) is 0 Å². The van der Waals surface area contributed by atoms with Crippen molar-refractivity contribution >= 4 is 39.8 Å². The van der Waals surface area contributed by atoms with Crippen LogP contribution < -0.4 is 5.32 Å². The predicted octanol–water partition coefficient (Wildman–Crippen LogP) is 5.45. The lowest BCUT2D eigenvalue weighted by Crippen LogP contribution is -2.36. The Morgan fingerprint density at radius 1 is 1.10 bits per heavy atom. The Balaban J connectivity index is 1.68. The topological polar surface area (TPSA) is 58.6 Å². The summed E-state index contributed by atoms with van der Waals surface area (Å²) in [7, 11) is 0. The van der Waals surface area contributed by atoms with Gasteiger partial charge in [0.05, 0.1) is 11.3 Å². The van der Waals surface area contributed by atoms with Crippen LogP contribution in [0.3, 0.4) is 0 Å². The highest BCUT2D eigenvalue weighted by atomic mass is 32.1. The van der Waals surface area contributed by atoms with Crippen LogP contribution in [0, 0.1) is 0 Å². The van der Waals surface area contributed by atoms with Crippen molar-refractivity contribution in [3.8, 4) is 0 Å². The van der Waals surface area contributed by atoms with Crippen molar-refractivity contribution in [2.45, 2.75) is 39.3 Å². The molecular formula is C23H24N2O3S. The normalized spacial score (nSPS) is 13.8. The highest BCUT2D eigenvalue weighted by Gasteiger charge is 2.26. The number of ether oxygens (including phenoxy) is 1. The molecule has 2 aromatic carbocycles. The first-order chi connectivity index (χ1) is 13.8. The van der Waals surface area contributed by atoms with Crippen LogP contribution in [0.25, 0.3) is 10.8 Å². The fraction of sp³-hybridized carbons (Fsp3) is 0.304. The number of hydrogen-bond donors (Lipinski definition) is 1. The van der Waals surface area contributed by atoms with E-state index in [9.17, 15) is 9.59 Å². The van der Waals surface area contributed by atoms with E-state index >= 15 is 0 Å². The van der Waals surface area contributed by atoms with Gasteiger partial charge in [-0.1, -0.05) is 24.3 Å². The molecule has 5 nitrogen and oxygen atoms in total. The van der Waals surface area contributed by atoms with Crippen molar-refractivity contribution in [1.29, 1.82) is 0 Å². The zero-order valence-corrected chi connectivity index (χ0v) is 17.6. The van der Waals surface area contributed by atoms with E-state index in [0.29, 0.717) is 24.3 Å². The summed E-state index contributed by atoms with van der Waals surface area (Å²) >= 11 is 1.74. The van der Waals surface area contributed by atoms with Crippen LogP contribution in [0.2, 0.25) is 0 Å². The molecule has 150 valence electrons. The number of carbonyl (C=O) groups excluding carboxylic acids is 2. The SMILES string of the molecule is CC(C)(C)OC(=O)Nc1cc2ccccc2cc1C(=O)N1CCc2sccc2C1. The monoisotopic (exact) mass is 408 g/mol. The second kappa shape index (κ2) is 7.52. The zero-order valence-electron chi connectivity index (χ0n) is 16.8. The average molecular weight is 409 g/mol. The number of nitrogens with zero attached hydrogens (tertiary/aromatic N) is 1. The number of carbonyl (C=O) groups is 2. The molecule has 0 radical (unpaired) electrons. The number of hydrogen-bond acceptors (Lipinski definition) is 4. The van der Waals surface area contributed by atoms with Crippen LogP contribution in [-0.2, 0) is 17.7 Å². The first kappa shape index (κ1) is 19.5. The molecule has 0 atom stereocenters. The minimum Gasteiger partial charge on any atom is -0.444 e. The summed E-state index contributed by atoms with van der Waals surface area (Å²) in [5.41, 5.74) is 1.54. The van der Waals surface area contributed by atoms with Crippen molar-refractivity contribution in [2.75, 3.05) is 11.9 Å². The van der Waals surface area contributed by atoms with Gasteiger partial charge in [0, 0.05) is 18.0 Å². The van der Waals surface area contributed by atoms with E-state index in [1.807, 2.05) is 62.1 Å². The molecular weight excluding hydrogens is 384 g/mol. The van der Waals surface area contributed by atoms with Gasteiger partial charge in [0.15, 0.2) is 0 Å². The molecule has 1 aliphatic rings. The Bertz CT molecular complexity index is 1080. The fourth-order valence-electron chi connectivity index (χ4n) is 3.53. The minimum atomic E-state index is -0.618. The molecule has 6 heteroatoms. The molecule has 0 saturated carbocycles. The fourth-order valence-corrected chi connectivity index (χ4v) is 4.42. The summed E-state index contributed by atoms with van der Waals surface area (Å²) in [4.78, 5) is 29.0. The third-order valence-corrected chi connectivity index (χ3v) is 5.87. The van der Waals surface area contributed by atoms with Gasteiger partial charge in [-0.3, -0.25) is 10.1 Å². The van der Waals surface area contributed by atoms with Gasteiger partial charge in [-0.05, 0) is 67.1 Å². The lowest BCUT2D eigenvalue weighted by Gasteiger charge is -2.28. The molecule has 2 amide bonds. The van der Waals surface area contributed by atoms with Crippen molar-refractivity contribution < 1.29 is 14.3 Å². The first-order valence-electron chi connectivity index (χ1n) is 9.67. The van der Waals surface area contributed by atoms with E-state index in [2.05, 4.69) is 16.8 Å². The molecule has 2 heterocycles.